The number of esters is 1. The SMILES string of the molecule is CCOC(=O)c1sc2nc(C(C)N3CCN(c4cccc(C)c4)CC3)[nH]c(=O)c2c1C. The maximum absolute atomic E-state index is 12.8. The molecule has 0 bridgehead atoms. The second kappa shape index (κ2) is 8.80. The first kappa shape index (κ1) is 21.5. The molecule has 1 aliphatic heterocycles. The van der Waals surface area contributed by atoms with Gasteiger partial charge in [-0.05, 0) is 51.0 Å². The standard InChI is InChI=1S/C23H28N4O3S/c1-5-30-23(29)19-15(3)18-21(28)24-20(25-22(18)31-19)16(4)26-9-11-27(12-10-26)17-8-6-7-14(2)13-17/h6-8,13,16H,5,9-12H2,1-4H3,(H,24,25,28). The second-order valence-corrected chi connectivity index (χ2v) is 8.95. The number of ether oxygens (including phenoxy) is 1. The number of nitrogens with zero attached hydrogens (tertiary/aromatic N) is 3. The van der Waals surface area contributed by atoms with E-state index in [9.17, 15) is 9.59 Å². The van der Waals surface area contributed by atoms with E-state index in [2.05, 4.69) is 52.9 Å². The van der Waals surface area contributed by atoms with Crippen LogP contribution in [0.25, 0.3) is 10.2 Å². The van der Waals surface area contributed by atoms with Crippen molar-refractivity contribution in [1.82, 2.24) is 14.9 Å². The first-order valence-electron chi connectivity index (χ1n) is 10.6. The molecule has 1 saturated heterocycles. The quantitative estimate of drug-likeness (QED) is 0.610. The average molecular weight is 441 g/mol. The number of aromatic nitrogens is 2. The maximum atomic E-state index is 12.8. The van der Waals surface area contributed by atoms with Gasteiger partial charge >= 0.3 is 5.97 Å². The molecule has 8 heteroatoms. The molecule has 1 N–H and O–H groups in total. The third-order valence-electron chi connectivity index (χ3n) is 5.90. The fraction of sp³-hybridized carbons (Fsp3) is 0.435. The fourth-order valence-corrected chi connectivity index (χ4v) is 5.20. The van der Waals surface area contributed by atoms with Gasteiger partial charge in [0.2, 0.25) is 0 Å². The minimum atomic E-state index is -0.399. The van der Waals surface area contributed by atoms with Crippen molar-refractivity contribution in [2.75, 3.05) is 37.7 Å². The van der Waals surface area contributed by atoms with Gasteiger partial charge in [-0.25, -0.2) is 9.78 Å². The molecule has 1 aromatic carbocycles. The smallest absolute Gasteiger partial charge is 0.348 e. The van der Waals surface area contributed by atoms with E-state index in [0.29, 0.717) is 33.1 Å². The molecule has 0 radical (unpaired) electrons. The largest absolute Gasteiger partial charge is 0.462 e. The van der Waals surface area contributed by atoms with Gasteiger partial charge in [0.1, 0.15) is 15.5 Å². The van der Waals surface area contributed by atoms with Crippen LogP contribution in [0.2, 0.25) is 0 Å². The van der Waals surface area contributed by atoms with Crippen molar-refractivity contribution in [3.63, 3.8) is 0 Å². The summed E-state index contributed by atoms with van der Waals surface area (Å²) in [5.74, 6) is 0.238. The predicted molar refractivity (Wildman–Crippen MR) is 124 cm³/mol. The normalized spacial score (nSPS) is 15.9. The summed E-state index contributed by atoms with van der Waals surface area (Å²) in [4.78, 5) is 38.5. The van der Waals surface area contributed by atoms with Crippen LogP contribution in [0.3, 0.4) is 0 Å². The summed E-state index contributed by atoms with van der Waals surface area (Å²) in [6.07, 6.45) is 0. The van der Waals surface area contributed by atoms with Gasteiger partial charge < -0.3 is 14.6 Å². The molecule has 164 valence electrons. The summed E-state index contributed by atoms with van der Waals surface area (Å²) in [5, 5.41) is 0.480. The summed E-state index contributed by atoms with van der Waals surface area (Å²) >= 11 is 1.23. The Morgan fingerprint density at radius 3 is 2.68 bits per heavy atom. The Bertz CT molecular complexity index is 1160. The minimum absolute atomic E-state index is 0.0230. The van der Waals surface area contributed by atoms with E-state index in [-0.39, 0.29) is 11.6 Å². The number of hydrogen-bond donors (Lipinski definition) is 1. The zero-order valence-electron chi connectivity index (χ0n) is 18.4. The van der Waals surface area contributed by atoms with Crippen molar-refractivity contribution >= 4 is 33.2 Å². The molecule has 0 aliphatic carbocycles. The van der Waals surface area contributed by atoms with Gasteiger partial charge in [-0.2, -0.15) is 0 Å². The Labute approximate surface area is 185 Å². The Balaban J connectivity index is 1.53. The first-order valence-corrected chi connectivity index (χ1v) is 11.5. The number of anilines is 1. The zero-order chi connectivity index (χ0) is 22.1. The predicted octanol–water partition coefficient (Wildman–Crippen LogP) is 3.66. The Hall–Kier alpha value is -2.71. The number of aryl methyl sites for hydroxylation is 2. The highest BCUT2D eigenvalue weighted by atomic mass is 32.1. The highest BCUT2D eigenvalue weighted by molar-refractivity contribution is 7.20. The van der Waals surface area contributed by atoms with Gasteiger partial charge in [-0.3, -0.25) is 9.69 Å². The van der Waals surface area contributed by atoms with Crippen molar-refractivity contribution in [3.8, 4) is 0 Å². The topological polar surface area (TPSA) is 78.5 Å². The highest BCUT2D eigenvalue weighted by Crippen LogP contribution is 2.29. The molecular formula is C23H28N4O3S. The van der Waals surface area contributed by atoms with Crippen LogP contribution in [0.1, 0.15) is 46.5 Å². The summed E-state index contributed by atoms with van der Waals surface area (Å²) in [7, 11) is 0. The number of nitrogens with one attached hydrogen (secondary N) is 1. The number of carbonyl (C=O) groups is 1. The molecule has 4 rings (SSSR count). The number of aromatic amines is 1. The third kappa shape index (κ3) is 4.22. The number of fused-ring (bicyclic) bond motifs is 1. The minimum Gasteiger partial charge on any atom is -0.462 e. The van der Waals surface area contributed by atoms with Crippen LogP contribution in [-0.4, -0.2) is 53.6 Å². The van der Waals surface area contributed by atoms with Crippen LogP contribution in [0.4, 0.5) is 5.69 Å². The van der Waals surface area contributed by atoms with Crippen LogP contribution in [0.15, 0.2) is 29.1 Å². The lowest BCUT2D eigenvalue weighted by Crippen LogP contribution is -2.47. The van der Waals surface area contributed by atoms with Crippen LogP contribution in [-0.2, 0) is 4.74 Å². The molecule has 3 heterocycles. The van der Waals surface area contributed by atoms with E-state index >= 15 is 0 Å². The lowest BCUT2D eigenvalue weighted by atomic mass is 10.1. The molecule has 31 heavy (non-hydrogen) atoms. The maximum Gasteiger partial charge on any atom is 0.348 e. The van der Waals surface area contributed by atoms with E-state index in [1.807, 2.05) is 0 Å². The van der Waals surface area contributed by atoms with Crippen LogP contribution < -0.4 is 10.5 Å². The van der Waals surface area contributed by atoms with E-state index < -0.39 is 5.97 Å². The van der Waals surface area contributed by atoms with Gasteiger partial charge in [-0.15, -0.1) is 11.3 Å². The van der Waals surface area contributed by atoms with Crippen molar-refractivity contribution < 1.29 is 9.53 Å². The van der Waals surface area contributed by atoms with Gasteiger partial charge in [-0.1, -0.05) is 12.1 Å². The number of piperazine rings is 1. The Morgan fingerprint density at radius 1 is 1.26 bits per heavy atom. The molecule has 0 amide bonds. The van der Waals surface area contributed by atoms with E-state index in [4.69, 9.17) is 9.72 Å². The van der Waals surface area contributed by atoms with Gasteiger partial charge in [0.05, 0.1) is 18.0 Å². The number of hydrogen-bond acceptors (Lipinski definition) is 7. The van der Waals surface area contributed by atoms with E-state index in [1.165, 1.54) is 22.6 Å². The molecule has 1 atom stereocenters. The lowest BCUT2D eigenvalue weighted by molar-refractivity contribution is 0.0531. The van der Waals surface area contributed by atoms with Gasteiger partial charge in [0.15, 0.2) is 0 Å². The molecule has 7 nitrogen and oxygen atoms in total. The van der Waals surface area contributed by atoms with Crippen LogP contribution >= 0.6 is 11.3 Å². The average Bonchev–Trinajstić information content (AvgIpc) is 3.10. The Kier molecular flexibility index (Phi) is 6.11. The third-order valence-corrected chi connectivity index (χ3v) is 7.07. The van der Waals surface area contributed by atoms with Crippen molar-refractivity contribution in [2.45, 2.75) is 33.7 Å². The first-order chi connectivity index (χ1) is 14.9. The van der Waals surface area contributed by atoms with E-state index in [0.717, 1.165) is 26.2 Å². The molecule has 2 aromatic heterocycles. The molecule has 1 unspecified atom stereocenters. The van der Waals surface area contributed by atoms with Crippen LogP contribution in [0.5, 0.6) is 0 Å². The van der Waals surface area contributed by atoms with Crippen LogP contribution in [0, 0.1) is 13.8 Å². The molecule has 1 fully saturated rings. The fourth-order valence-electron chi connectivity index (χ4n) is 4.11. The van der Waals surface area contributed by atoms with Crippen molar-refractivity contribution in [2.24, 2.45) is 0 Å². The molecule has 3 aromatic rings. The summed E-state index contributed by atoms with van der Waals surface area (Å²) < 4.78 is 5.12. The zero-order valence-corrected chi connectivity index (χ0v) is 19.2. The van der Waals surface area contributed by atoms with Crippen molar-refractivity contribution in [1.29, 1.82) is 0 Å². The number of benzene rings is 1. The monoisotopic (exact) mass is 440 g/mol. The molecular weight excluding hydrogens is 412 g/mol. The van der Waals surface area contributed by atoms with E-state index in [1.54, 1.807) is 13.8 Å². The molecule has 1 aliphatic rings. The number of thiophene rings is 1. The number of H-pyrrole nitrogens is 1. The second-order valence-electron chi connectivity index (χ2n) is 7.95. The lowest BCUT2D eigenvalue weighted by Gasteiger charge is -2.38. The summed E-state index contributed by atoms with van der Waals surface area (Å²) in [5.41, 5.74) is 2.95. The molecule has 0 saturated carbocycles. The molecule has 0 spiro atoms. The van der Waals surface area contributed by atoms with Gasteiger partial charge in [0.25, 0.3) is 5.56 Å². The Morgan fingerprint density at radius 2 is 2.00 bits per heavy atom. The van der Waals surface area contributed by atoms with Gasteiger partial charge in [0, 0.05) is 31.9 Å². The number of rotatable bonds is 5. The summed E-state index contributed by atoms with van der Waals surface area (Å²) in [6, 6.07) is 8.55. The summed E-state index contributed by atoms with van der Waals surface area (Å²) in [6.45, 7) is 11.6. The number of carbonyl (C=O) groups excluding carboxylic acids is 1. The van der Waals surface area contributed by atoms with Crippen molar-refractivity contribution in [3.05, 3.63) is 56.4 Å². The highest BCUT2D eigenvalue weighted by Gasteiger charge is 2.26.